The highest BCUT2D eigenvalue weighted by Crippen LogP contribution is 2.41. The van der Waals surface area contributed by atoms with Crippen LogP contribution in [0, 0.1) is 0 Å². The molecule has 5 aromatic rings. The molecule has 0 spiro atoms. The number of anilines is 3. The molecule has 1 amide bonds. The second kappa shape index (κ2) is 10.5. The van der Waals surface area contributed by atoms with E-state index in [1.165, 1.54) is 12.1 Å². The summed E-state index contributed by atoms with van der Waals surface area (Å²) in [6.07, 6.45) is 1.03. The Labute approximate surface area is 241 Å². The minimum Gasteiger partial charge on any atom is -0.488 e. The summed E-state index contributed by atoms with van der Waals surface area (Å²) in [5, 5.41) is 5.51. The van der Waals surface area contributed by atoms with Crippen LogP contribution in [-0.4, -0.2) is 37.9 Å². The molecule has 0 radical (unpaired) electrons. The minimum absolute atomic E-state index is 0.0209. The van der Waals surface area contributed by atoms with Crippen molar-refractivity contribution in [2.75, 3.05) is 23.0 Å². The Morgan fingerprint density at radius 3 is 2.53 bits per heavy atom. The molecule has 2 aromatic carbocycles. The van der Waals surface area contributed by atoms with E-state index >= 15 is 0 Å². The van der Waals surface area contributed by atoms with Crippen LogP contribution in [0.1, 0.15) is 47.4 Å². The predicted molar refractivity (Wildman–Crippen MR) is 152 cm³/mol. The average molecular weight is 592 g/mol. The van der Waals surface area contributed by atoms with Gasteiger partial charge in [0.2, 0.25) is 0 Å². The van der Waals surface area contributed by atoms with E-state index in [0.717, 1.165) is 24.2 Å². The SMILES string of the molecule is CCOc1c(N[C@H]2C[C@H](c3nc(-c4ccc(C(=O)Nc5cc(C(F)(F)F)ccn5)cc4)c4c(N)nccn43)C2)c(=O)c1=O. The van der Waals surface area contributed by atoms with Crippen molar-refractivity contribution in [1.29, 1.82) is 0 Å². The third-order valence-corrected chi connectivity index (χ3v) is 7.37. The van der Waals surface area contributed by atoms with E-state index in [4.69, 9.17) is 15.5 Å². The maximum atomic E-state index is 13.0. The first-order chi connectivity index (χ1) is 20.5. The number of hydrogen-bond acceptors (Lipinski definition) is 9. The first kappa shape index (κ1) is 27.9. The molecule has 6 rings (SSSR count). The number of amides is 1. The summed E-state index contributed by atoms with van der Waals surface area (Å²) in [6.45, 7) is 2.02. The van der Waals surface area contributed by atoms with Crippen LogP contribution >= 0.6 is 0 Å². The third kappa shape index (κ3) is 5.04. The first-order valence-corrected chi connectivity index (χ1v) is 13.3. The minimum atomic E-state index is -4.56. The van der Waals surface area contributed by atoms with Gasteiger partial charge in [-0.3, -0.25) is 18.8 Å². The largest absolute Gasteiger partial charge is 0.488 e. The highest BCUT2D eigenvalue weighted by atomic mass is 19.4. The Balaban J connectivity index is 1.21. The van der Waals surface area contributed by atoms with Crippen LogP contribution in [0.3, 0.4) is 0 Å². The molecule has 0 atom stereocenters. The zero-order chi connectivity index (χ0) is 30.5. The maximum Gasteiger partial charge on any atom is 0.416 e. The predicted octanol–water partition coefficient (Wildman–Crippen LogP) is 4.00. The fourth-order valence-electron chi connectivity index (χ4n) is 5.15. The second-order valence-corrected chi connectivity index (χ2v) is 10.1. The van der Waals surface area contributed by atoms with E-state index in [9.17, 15) is 27.6 Å². The number of carbonyl (C=O) groups excluding carboxylic acids is 1. The molecule has 0 bridgehead atoms. The van der Waals surface area contributed by atoms with E-state index in [1.807, 2.05) is 4.40 Å². The molecule has 4 N–H and O–H groups in total. The van der Waals surface area contributed by atoms with E-state index in [0.29, 0.717) is 29.6 Å². The molecule has 1 aliphatic rings. The van der Waals surface area contributed by atoms with Crippen molar-refractivity contribution in [3.05, 3.63) is 92.4 Å². The van der Waals surface area contributed by atoms with E-state index in [2.05, 4.69) is 20.6 Å². The topological polar surface area (TPSA) is 154 Å². The lowest BCUT2D eigenvalue weighted by molar-refractivity contribution is -0.137. The lowest BCUT2D eigenvalue weighted by Gasteiger charge is -2.36. The van der Waals surface area contributed by atoms with Crippen LogP contribution in [-0.2, 0) is 6.18 Å². The van der Waals surface area contributed by atoms with Crippen molar-refractivity contribution in [3.8, 4) is 17.0 Å². The normalized spacial score (nSPS) is 16.7. The average Bonchev–Trinajstić information content (AvgIpc) is 3.35. The Morgan fingerprint density at radius 2 is 1.84 bits per heavy atom. The summed E-state index contributed by atoms with van der Waals surface area (Å²) < 4.78 is 46.2. The number of fused-ring (bicyclic) bond motifs is 1. The Hall–Kier alpha value is -5.27. The van der Waals surface area contributed by atoms with Crippen molar-refractivity contribution in [1.82, 2.24) is 19.4 Å². The Kier molecular flexibility index (Phi) is 6.83. The van der Waals surface area contributed by atoms with Gasteiger partial charge in [-0.25, -0.2) is 15.0 Å². The lowest BCUT2D eigenvalue weighted by Crippen LogP contribution is -2.42. The fourth-order valence-corrected chi connectivity index (χ4v) is 5.15. The van der Waals surface area contributed by atoms with Crippen molar-refractivity contribution >= 4 is 28.7 Å². The number of pyridine rings is 1. The third-order valence-electron chi connectivity index (χ3n) is 7.37. The standard InChI is InChI=1S/C29H24F3N7O4/c1-2-43-25-21(23(40)24(25)41)36-18-11-16(12-18)27-38-20(22-26(33)35-9-10-39(22)27)14-3-5-15(6-4-14)28(42)37-19-13-17(7-8-34-19)29(30,31)32/h3-10,13,16,18,36H,2,11-12H2,1H3,(H2,33,35)(H,34,37,42)/t16-,18-. The molecule has 220 valence electrons. The number of nitrogen functional groups attached to an aromatic ring is 1. The van der Waals surface area contributed by atoms with E-state index in [1.54, 1.807) is 31.5 Å². The number of carbonyl (C=O) groups is 1. The Bertz CT molecular complexity index is 1920. The fraction of sp³-hybridized carbons (Fsp3) is 0.241. The number of aromatic nitrogens is 4. The Morgan fingerprint density at radius 1 is 1.09 bits per heavy atom. The monoisotopic (exact) mass is 591 g/mol. The summed E-state index contributed by atoms with van der Waals surface area (Å²) in [5.74, 6) is 0.244. The number of nitrogens with one attached hydrogen (secondary N) is 2. The lowest BCUT2D eigenvalue weighted by atomic mass is 9.79. The van der Waals surface area contributed by atoms with Crippen molar-refractivity contribution < 1.29 is 22.7 Å². The molecule has 3 heterocycles. The number of ether oxygens (including phenoxy) is 1. The van der Waals surface area contributed by atoms with Crippen LogP contribution in [0.5, 0.6) is 5.75 Å². The number of rotatable bonds is 8. The van der Waals surface area contributed by atoms with Gasteiger partial charge in [0.1, 0.15) is 34.4 Å². The number of hydrogen-bond donors (Lipinski definition) is 3. The van der Waals surface area contributed by atoms with Crippen molar-refractivity contribution in [2.24, 2.45) is 0 Å². The molecule has 0 aliphatic heterocycles. The van der Waals surface area contributed by atoms with Gasteiger partial charge < -0.3 is 21.1 Å². The van der Waals surface area contributed by atoms with Gasteiger partial charge in [-0.2, -0.15) is 13.2 Å². The summed E-state index contributed by atoms with van der Waals surface area (Å²) in [4.78, 5) is 49.4. The molecule has 0 unspecified atom stereocenters. The second-order valence-electron chi connectivity index (χ2n) is 10.1. The van der Waals surface area contributed by atoms with Gasteiger partial charge in [0.05, 0.1) is 12.2 Å². The smallest absolute Gasteiger partial charge is 0.416 e. The summed E-state index contributed by atoms with van der Waals surface area (Å²) in [5.41, 5.74) is 6.31. The van der Waals surface area contributed by atoms with Gasteiger partial charge in [0, 0.05) is 41.7 Å². The first-order valence-electron chi connectivity index (χ1n) is 13.3. The summed E-state index contributed by atoms with van der Waals surface area (Å²) >= 11 is 0. The zero-order valence-electron chi connectivity index (χ0n) is 22.6. The molecule has 3 aromatic heterocycles. The zero-order valence-corrected chi connectivity index (χ0v) is 22.6. The van der Waals surface area contributed by atoms with Gasteiger partial charge in [0.25, 0.3) is 16.8 Å². The maximum absolute atomic E-state index is 13.0. The van der Waals surface area contributed by atoms with Gasteiger partial charge in [0.15, 0.2) is 5.75 Å². The number of alkyl halides is 3. The van der Waals surface area contributed by atoms with Crippen molar-refractivity contribution in [2.45, 2.75) is 37.9 Å². The van der Waals surface area contributed by atoms with E-state index < -0.39 is 28.5 Å². The quantitative estimate of drug-likeness (QED) is 0.227. The molecule has 1 fully saturated rings. The molecule has 1 saturated carbocycles. The van der Waals surface area contributed by atoms with Crippen LogP contribution in [0.15, 0.2) is 64.6 Å². The van der Waals surface area contributed by atoms with Crippen LogP contribution in [0.25, 0.3) is 16.8 Å². The number of benzene rings is 1. The number of halogens is 3. The molecule has 43 heavy (non-hydrogen) atoms. The molecular weight excluding hydrogens is 567 g/mol. The van der Waals surface area contributed by atoms with Gasteiger partial charge in [-0.15, -0.1) is 0 Å². The van der Waals surface area contributed by atoms with Gasteiger partial charge in [-0.1, -0.05) is 12.1 Å². The van der Waals surface area contributed by atoms with E-state index in [-0.39, 0.29) is 47.2 Å². The summed E-state index contributed by atoms with van der Waals surface area (Å²) in [7, 11) is 0. The molecule has 14 heteroatoms. The number of imidazole rings is 1. The number of nitrogens with zero attached hydrogens (tertiary/aromatic N) is 4. The van der Waals surface area contributed by atoms with Crippen LogP contribution in [0.2, 0.25) is 0 Å². The highest BCUT2D eigenvalue weighted by molar-refractivity contribution is 6.04. The molecular formula is C29H24F3N7O4. The van der Waals surface area contributed by atoms with Crippen molar-refractivity contribution in [3.63, 3.8) is 0 Å². The molecule has 0 saturated heterocycles. The van der Waals surface area contributed by atoms with Gasteiger partial charge >= 0.3 is 6.18 Å². The summed E-state index contributed by atoms with van der Waals surface area (Å²) in [6, 6.07) is 7.92. The highest BCUT2D eigenvalue weighted by Gasteiger charge is 2.37. The number of nitrogens with two attached hydrogens (primary N) is 1. The van der Waals surface area contributed by atoms with Crippen LogP contribution in [0.4, 0.5) is 30.5 Å². The molecule has 1 aliphatic carbocycles. The molecule has 11 nitrogen and oxygen atoms in total. The van der Waals surface area contributed by atoms with Crippen LogP contribution < -0.4 is 32.0 Å². The van der Waals surface area contributed by atoms with Gasteiger partial charge in [-0.05, 0) is 44.0 Å².